The molecule has 0 aromatic carbocycles. The van der Waals surface area contributed by atoms with Crippen LogP contribution in [0.2, 0.25) is 0 Å². The summed E-state index contributed by atoms with van der Waals surface area (Å²) in [6.07, 6.45) is 2.74. The molecule has 0 spiro atoms. The Balaban J connectivity index is 1.92. The zero-order valence-corrected chi connectivity index (χ0v) is 12.4. The van der Waals surface area contributed by atoms with Crippen LogP contribution in [-0.2, 0) is 21.2 Å². The molecule has 19 heavy (non-hydrogen) atoms. The van der Waals surface area contributed by atoms with Crippen molar-refractivity contribution in [2.75, 3.05) is 26.3 Å². The van der Waals surface area contributed by atoms with Crippen molar-refractivity contribution in [3.8, 4) is 0 Å². The van der Waals surface area contributed by atoms with Crippen LogP contribution in [0.1, 0.15) is 17.7 Å². The average Bonchev–Trinajstić information content (AvgIpc) is 2.88. The molecule has 1 fully saturated rings. The van der Waals surface area contributed by atoms with E-state index in [0.717, 1.165) is 30.7 Å². The van der Waals surface area contributed by atoms with Crippen LogP contribution in [0, 0.1) is 5.92 Å². The molecule has 0 saturated carbocycles. The lowest BCUT2D eigenvalue weighted by atomic mass is 10.0. The Kier molecular flexibility index (Phi) is 5.35. The van der Waals surface area contributed by atoms with Gasteiger partial charge >= 0.3 is 0 Å². The maximum absolute atomic E-state index is 12.1. The van der Waals surface area contributed by atoms with Crippen molar-refractivity contribution < 1.29 is 13.2 Å². The summed E-state index contributed by atoms with van der Waals surface area (Å²) in [4.78, 5) is 1.00. The summed E-state index contributed by atoms with van der Waals surface area (Å²) in [5, 5.41) is 0. The molecule has 1 aromatic heterocycles. The van der Waals surface area contributed by atoms with Gasteiger partial charge in [0.15, 0.2) is 0 Å². The number of sulfonamides is 1. The molecule has 0 aliphatic carbocycles. The van der Waals surface area contributed by atoms with Gasteiger partial charge in [-0.25, -0.2) is 13.1 Å². The Labute approximate surface area is 118 Å². The highest BCUT2D eigenvalue weighted by atomic mass is 32.2. The third-order valence-electron chi connectivity index (χ3n) is 3.11. The minimum absolute atomic E-state index is 0.284. The fourth-order valence-corrected chi connectivity index (χ4v) is 4.58. The van der Waals surface area contributed by atoms with Gasteiger partial charge in [0, 0.05) is 18.0 Å². The second kappa shape index (κ2) is 6.81. The van der Waals surface area contributed by atoms with Crippen LogP contribution in [-0.4, -0.2) is 34.7 Å². The van der Waals surface area contributed by atoms with Crippen LogP contribution in [0.25, 0.3) is 0 Å². The maximum atomic E-state index is 12.1. The standard InChI is InChI=1S/C12H20N2O3S2/c13-6-5-11-3-4-12(18-11)19(15,16)14-8-10-2-1-7-17-9-10/h3-4,10,14H,1-2,5-9,13H2. The molecule has 2 rings (SSSR count). The molecule has 7 heteroatoms. The molecular weight excluding hydrogens is 284 g/mol. The zero-order chi connectivity index (χ0) is 13.7. The highest BCUT2D eigenvalue weighted by molar-refractivity contribution is 7.91. The number of thiophene rings is 1. The molecule has 1 aromatic rings. The van der Waals surface area contributed by atoms with Crippen LogP contribution >= 0.6 is 11.3 Å². The third-order valence-corrected chi connectivity index (χ3v) is 6.17. The minimum atomic E-state index is -3.38. The maximum Gasteiger partial charge on any atom is 0.250 e. The molecule has 1 aliphatic rings. The van der Waals surface area contributed by atoms with E-state index in [-0.39, 0.29) is 5.92 Å². The van der Waals surface area contributed by atoms with Gasteiger partial charge in [-0.15, -0.1) is 11.3 Å². The van der Waals surface area contributed by atoms with E-state index in [1.54, 1.807) is 6.07 Å². The quantitative estimate of drug-likeness (QED) is 0.820. The Morgan fingerprint density at radius 2 is 2.32 bits per heavy atom. The first kappa shape index (κ1) is 14.9. The van der Waals surface area contributed by atoms with Crippen LogP contribution in [0.3, 0.4) is 0 Å². The van der Waals surface area contributed by atoms with Gasteiger partial charge in [-0.05, 0) is 43.9 Å². The molecule has 0 amide bonds. The van der Waals surface area contributed by atoms with Crippen molar-refractivity contribution in [3.05, 3.63) is 17.0 Å². The summed E-state index contributed by atoms with van der Waals surface area (Å²) in [6, 6.07) is 3.48. The van der Waals surface area contributed by atoms with Gasteiger partial charge in [0.2, 0.25) is 10.0 Å². The summed E-state index contributed by atoms with van der Waals surface area (Å²) in [7, 11) is -3.38. The lowest BCUT2D eigenvalue weighted by Crippen LogP contribution is -2.32. The number of hydrogen-bond acceptors (Lipinski definition) is 5. The van der Waals surface area contributed by atoms with Crippen LogP contribution < -0.4 is 10.5 Å². The Morgan fingerprint density at radius 1 is 1.47 bits per heavy atom. The minimum Gasteiger partial charge on any atom is -0.381 e. The average molecular weight is 304 g/mol. The lowest BCUT2D eigenvalue weighted by Gasteiger charge is -2.21. The molecule has 0 radical (unpaired) electrons. The van der Waals surface area contributed by atoms with E-state index in [9.17, 15) is 8.42 Å². The van der Waals surface area contributed by atoms with Crippen molar-refractivity contribution in [3.63, 3.8) is 0 Å². The van der Waals surface area contributed by atoms with Gasteiger partial charge in [0.25, 0.3) is 0 Å². The van der Waals surface area contributed by atoms with Gasteiger partial charge in [0.1, 0.15) is 4.21 Å². The highest BCUT2D eigenvalue weighted by Gasteiger charge is 2.20. The number of nitrogens with two attached hydrogens (primary N) is 1. The Bertz CT molecular complexity index is 493. The molecule has 1 atom stereocenters. The summed E-state index contributed by atoms with van der Waals surface area (Å²) in [6.45, 7) is 2.42. The molecule has 5 nitrogen and oxygen atoms in total. The van der Waals surface area contributed by atoms with Crippen molar-refractivity contribution in [1.29, 1.82) is 0 Å². The molecule has 1 saturated heterocycles. The lowest BCUT2D eigenvalue weighted by molar-refractivity contribution is 0.0568. The molecule has 1 unspecified atom stereocenters. The number of hydrogen-bond donors (Lipinski definition) is 2. The van der Waals surface area contributed by atoms with E-state index < -0.39 is 10.0 Å². The van der Waals surface area contributed by atoms with Crippen molar-refractivity contribution in [2.24, 2.45) is 11.7 Å². The first-order valence-electron chi connectivity index (χ1n) is 6.48. The molecule has 1 aliphatic heterocycles. The molecule has 3 N–H and O–H groups in total. The third kappa shape index (κ3) is 4.25. The normalized spacial score (nSPS) is 20.6. The van der Waals surface area contributed by atoms with Crippen LogP contribution in [0.4, 0.5) is 0 Å². The SMILES string of the molecule is NCCc1ccc(S(=O)(=O)NCC2CCCOC2)s1. The van der Waals surface area contributed by atoms with Gasteiger partial charge in [-0.3, -0.25) is 0 Å². The van der Waals surface area contributed by atoms with Crippen molar-refractivity contribution >= 4 is 21.4 Å². The van der Waals surface area contributed by atoms with E-state index in [1.165, 1.54) is 11.3 Å². The second-order valence-electron chi connectivity index (χ2n) is 4.69. The summed E-state index contributed by atoms with van der Waals surface area (Å²) in [5.41, 5.74) is 5.46. The van der Waals surface area contributed by atoms with Gasteiger partial charge < -0.3 is 10.5 Å². The van der Waals surface area contributed by atoms with Gasteiger partial charge in [0.05, 0.1) is 6.61 Å². The molecule has 0 bridgehead atoms. The van der Waals surface area contributed by atoms with Crippen molar-refractivity contribution in [2.45, 2.75) is 23.5 Å². The Morgan fingerprint density at radius 3 is 3.00 bits per heavy atom. The number of nitrogens with one attached hydrogen (secondary N) is 1. The predicted molar refractivity (Wildman–Crippen MR) is 75.8 cm³/mol. The first-order valence-corrected chi connectivity index (χ1v) is 8.78. The number of ether oxygens (including phenoxy) is 1. The van der Waals surface area contributed by atoms with Crippen LogP contribution in [0.5, 0.6) is 0 Å². The summed E-state index contributed by atoms with van der Waals surface area (Å²) >= 11 is 1.29. The summed E-state index contributed by atoms with van der Waals surface area (Å²) < 4.78 is 32.6. The fraction of sp³-hybridized carbons (Fsp3) is 0.667. The molecular formula is C12H20N2O3S2. The first-order chi connectivity index (χ1) is 9.12. The van der Waals surface area contributed by atoms with Crippen molar-refractivity contribution in [1.82, 2.24) is 4.72 Å². The largest absolute Gasteiger partial charge is 0.381 e. The van der Waals surface area contributed by atoms with E-state index in [4.69, 9.17) is 10.5 Å². The second-order valence-corrected chi connectivity index (χ2v) is 7.86. The van der Waals surface area contributed by atoms with Gasteiger partial charge in [-0.1, -0.05) is 0 Å². The highest BCUT2D eigenvalue weighted by Crippen LogP contribution is 2.22. The fourth-order valence-electron chi connectivity index (χ4n) is 2.05. The van der Waals surface area contributed by atoms with E-state index in [0.29, 0.717) is 23.9 Å². The summed E-state index contributed by atoms with van der Waals surface area (Å²) in [5.74, 6) is 0.284. The van der Waals surface area contributed by atoms with E-state index in [2.05, 4.69) is 4.72 Å². The monoisotopic (exact) mass is 304 g/mol. The zero-order valence-electron chi connectivity index (χ0n) is 10.8. The van der Waals surface area contributed by atoms with Crippen LogP contribution in [0.15, 0.2) is 16.3 Å². The smallest absolute Gasteiger partial charge is 0.250 e. The molecule has 108 valence electrons. The van der Waals surface area contributed by atoms with E-state index in [1.807, 2.05) is 6.07 Å². The topological polar surface area (TPSA) is 81.4 Å². The predicted octanol–water partition coefficient (Wildman–Crippen LogP) is 0.954. The van der Waals surface area contributed by atoms with Gasteiger partial charge in [-0.2, -0.15) is 0 Å². The number of rotatable bonds is 6. The Hall–Kier alpha value is -0.470. The van der Waals surface area contributed by atoms with E-state index >= 15 is 0 Å². The molecule has 2 heterocycles.